The molecule has 4 nitrogen and oxygen atoms in total. The minimum Gasteiger partial charge on any atom is -0.484 e. The van der Waals surface area contributed by atoms with Crippen LogP contribution in [0.3, 0.4) is 0 Å². The van der Waals surface area contributed by atoms with Gasteiger partial charge in [0.15, 0.2) is 6.61 Å². The highest BCUT2D eigenvalue weighted by atomic mass is 79.9. The third-order valence-corrected chi connectivity index (χ3v) is 3.80. The van der Waals surface area contributed by atoms with E-state index < -0.39 is 0 Å². The lowest BCUT2D eigenvalue weighted by Crippen LogP contribution is -2.26. The molecular formula is C15H19BrN2O2. The first-order chi connectivity index (χ1) is 9.63. The van der Waals surface area contributed by atoms with Crippen molar-refractivity contribution in [3.05, 3.63) is 28.7 Å². The monoisotopic (exact) mass is 338 g/mol. The molecule has 1 aromatic rings. The molecule has 1 atom stereocenters. The van der Waals surface area contributed by atoms with Crippen LogP contribution in [0.15, 0.2) is 33.8 Å². The van der Waals surface area contributed by atoms with Crippen LogP contribution < -0.4 is 10.2 Å². The molecule has 0 saturated heterocycles. The summed E-state index contributed by atoms with van der Waals surface area (Å²) >= 11 is 3.35. The Kier molecular flexibility index (Phi) is 5.59. The molecule has 2 rings (SSSR count). The number of nitrogens with one attached hydrogen (secondary N) is 1. The van der Waals surface area contributed by atoms with Crippen LogP contribution in [-0.2, 0) is 4.79 Å². The lowest BCUT2D eigenvalue weighted by atomic mass is 9.89. The van der Waals surface area contributed by atoms with E-state index in [1.54, 1.807) is 0 Å². The zero-order chi connectivity index (χ0) is 14.4. The smallest absolute Gasteiger partial charge is 0.277 e. The summed E-state index contributed by atoms with van der Waals surface area (Å²) in [5.74, 6) is 1.11. The molecule has 0 aliphatic heterocycles. The molecule has 1 unspecified atom stereocenters. The van der Waals surface area contributed by atoms with Gasteiger partial charge in [0.2, 0.25) is 0 Å². The minimum absolute atomic E-state index is 0.0199. The average Bonchev–Trinajstić information content (AvgIpc) is 2.45. The van der Waals surface area contributed by atoms with Crippen LogP contribution in [0, 0.1) is 5.92 Å². The molecule has 20 heavy (non-hydrogen) atoms. The molecular weight excluding hydrogens is 320 g/mol. The molecule has 1 saturated carbocycles. The van der Waals surface area contributed by atoms with Gasteiger partial charge in [0, 0.05) is 10.2 Å². The quantitative estimate of drug-likeness (QED) is 0.854. The predicted octanol–water partition coefficient (Wildman–Crippen LogP) is 3.51. The Morgan fingerprint density at radius 3 is 2.90 bits per heavy atom. The van der Waals surface area contributed by atoms with E-state index >= 15 is 0 Å². The zero-order valence-corrected chi connectivity index (χ0v) is 13.1. The van der Waals surface area contributed by atoms with Crippen LogP contribution in [0.4, 0.5) is 0 Å². The first kappa shape index (κ1) is 15.0. The number of hydrazone groups is 1. The zero-order valence-electron chi connectivity index (χ0n) is 11.6. The number of rotatable bonds is 4. The lowest BCUT2D eigenvalue weighted by molar-refractivity contribution is -0.123. The lowest BCUT2D eigenvalue weighted by Gasteiger charge is -2.18. The van der Waals surface area contributed by atoms with Crippen LogP contribution in [-0.4, -0.2) is 18.2 Å². The Morgan fingerprint density at radius 2 is 2.20 bits per heavy atom. The van der Waals surface area contributed by atoms with Crippen molar-refractivity contribution in [2.75, 3.05) is 6.61 Å². The standard InChI is InChI=1S/C15H19BrN2O2/c1-11-3-2-4-13(9-11)17-18-15(19)10-20-14-7-5-12(16)6-8-14/h5-8,11H,2-4,9-10H2,1H3,(H,18,19)/b17-13+. The number of halogens is 1. The fraction of sp³-hybridized carbons (Fsp3) is 0.467. The van der Waals surface area contributed by atoms with Crippen LogP contribution in [0.5, 0.6) is 5.75 Å². The molecule has 0 spiro atoms. The fourth-order valence-electron chi connectivity index (χ4n) is 2.22. The van der Waals surface area contributed by atoms with Crippen molar-refractivity contribution in [2.24, 2.45) is 11.0 Å². The van der Waals surface area contributed by atoms with Gasteiger partial charge in [0.1, 0.15) is 5.75 Å². The van der Waals surface area contributed by atoms with E-state index in [9.17, 15) is 4.79 Å². The number of carbonyl (C=O) groups is 1. The Hall–Kier alpha value is -1.36. The maximum atomic E-state index is 11.7. The van der Waals surface area contributed by atoms with E-state index in [4.69, 9.17) is 4.74 Å². The Balaban J connectivity index is 1.75. The van der Waals surface area contributed by atoms with E-state index in [0.29, 0.717) is 11.7 Å². The van der Waals surface area contributed by atoms with E-state index in [1.165, 1.54) is 6.42 Å². The first-order valence-electron chi connectivity index (χ1n) is 6.86. The van der Waals surface area contributed by atoms with Crippen molar-refractivity contribution in [1.29, 1.82) is 0 Å². The van der Waals surface area contributed by atoms with Gasteiger partial charge in [-0.3, -0.25) is 4.79 Å². The van der Waals surface area contributed by atoms with Crippen molar-refractivity contribution < 1.29 is 9.53 Å². The molecule has 0 aromatic heterocycles. The average molecular weight is 339 g/mol. The van der Waals surface area contributed by atoms with Crippen LogP contribution >= 0.6 is 15.9 Å². The highest BCUT2D eigenvalue weighted by Crippen LogP contribution is 2.21. The number of hydrogen-bond donors (Lipinski definition) is 1. The van der Waals surface area contributed by atoms with Crippen molar-refractivity contribution in [1.82, 2.24) is 5.43 Å². The highest BCUT2D eigenvalue weighted by Gasteiger charge is 2.14. The highest BCUT2D eigenvalue weighted by molar-refractivity contribution is 9.10. The summed E-state index contributed by atoms with van der Waals surface area (Å²) in [7, 11) is 0. The largest absolute Gasteiger partial charge is 0.484 e. The topological polar surface area (TPSA) is 50.7 Å². The van der Waals surface area contributed by atoms with Crippen LogP contribution in [0.1, 0.15) is 32.6 Å². The van der Waals surface area contributed by atoms with Gasteiger partial charge in [-0.1, -0.05) is 22.9 Å². The second-order valence-electron chi connectivity index (χ2n) is 5.16. The second kappa shape index (κ2) is 7.43. The molecule has 1 aliphatic carbocycles. The predicted molar refractivity (Wildman–Crippen MR) is 82.8 cm³/mol. The van der Waals surface area contributed by atoms with E-state index in [-0.39, 0.29) is 12.5 Å². The molecule has 1 aromatic carbocycles. The summed E-state index contributed by atoms with van der Waals surface area (Å²) in [5.41, 5.74) is 3.65. The Morgan fingerprint density at radius 1 is 1.45 bits per heavy atom. The van der Waals surface area contributed by atoms with E-state index in [1.807, 2.05) is 24.3 Å². The van der Waals surface area contributed by atoms with Crippen LogP contribution in [0.25, 0.3) is 0 Å². The van der Waals surface area contributed by atoms with Gasteiger partial charge in [0.25, 0.3) is 5.91 Å². The van der Waals surface area contributed by atoms with Gasteiger partial charge in [-0.15, -0.1) is 0 Å². The molecule has 1 aliphatic rings. The number of ether oxygens (including phenoxy) is 1. The van der Waals surface area contributed by atoms with E-state index in [0.717, 1.165) is 29.4 Å². The molecule has 0 heterocycles. The SMILES string of the molecule is CC1CCC/C(=N\NC(=O)COc2ccc(Br)cc2)C1. The van der Waals surface area contributed by atoms with Gasteiger partial charge < -0.3 is 4.74 Å². The van der Waals surface area contributed by atoms with Gasteiger partial charge in [0.05, 0.1) is 0 Å². The fourth-order valence-corrected chi connectivity index (χ4v) is 2.48. The maximum Gasteiger partial charge on any atom is 0.277 e. The van der Waals surface area contributed by atoms with Gasteiger partial charge in [-0.25, -0.2) is 5.43 Å². The number of benzene rings is 1. The van der Waals surface area contributed by atoms with E-state index in [2.05, 4.69) is 33.4 Å². The summed E-state index contributed by atoms with van der Waals surface area (Å²) in [6.07, 6.45) is 4.37. The number of hydrogen-bond acceptors (Lipinski definition) is 3. The summed E-state index contributed by atoms with van der Waals surface area (Å²) in [4.78, 5) is 11.7. The second-order valence-corrected chi connectivity index (χ2v) is 6.07. The molecule has 0 bridgehead atoms. The number of carbonyl (C=O) groups excluding carboxylic acids is 1. The van der Waals surface area contributed by atoms with Crippen molar-refractivity contribution in [3.63, 3.8) is 0 Å². The number of amides is 1. The summed E-state index contributed by atoms with van der Waals surface area (Å²) in [6.45, 7) is 2.20. The minimum atomic E-state index is -0.223. The Labute approximate surface area is 127 Å². The summed E-state index contributed by atoms with van der Waals surface area (Å²) < 4.78 is 6.36. The summed E-state index contributed by atoms with van der Waals surface area (Å²) in [5, 5.41) is 4.19. The number of nitrogens with zero attached hydrogens (tertiary/aromatic N) is 1. The molecule has 1 N–H and O–H groups in total. The normalized spacial score (nSPS) is 20.7. The van der Waals surface area contributed by atoms with Crippen LogP contribution in [0.2, 0.25) is 0 Å². The maximum absolute atomic E-state index is 11.7. The van der Waals surface area contributed by atoms with Crippen molar-refractivity contribution >= 4 is 27.5 Å². The molecule has 108 valence electrons. The van der Waals surface area contributed by atoms with Crippen molar-refractivity contribution in [2.45, 2.75) is 32.6 Å². The van der Waals surface area contributed by atoms with Gasteiger partial charge in [-0.2, -0.15) is 5.10 Å². The Bertz CT molecular complexity index is 485. The summed E-state index contributed by atoms with van der Waals surface area (Å²) in [6, 6.07) is 7.37. The van der Waals surface area contributed by atoms with Gasteiger partial charge in [-0.05, 0) is 55.9 Å². The molecule has 1 amide bonds. The first-order valence-corrected chi connectivity index (χ1v) is 7.65. The molecule has 5 heteroatoms. The molecule has 0 radical (unpaired) electrons. The third kappa shape index (κ3) is 4.96. The molecule has 1 fully saturated rings. The van der Waals surface area contributed by atoms with Gasteiger partial charge >= 0.3 is 0 Å². The third-order valence-electron chi connectivity index (χ3n) is 3.27. The van der Waals surface area contributed by atoms with Crippen molar-refractivity contribution in [3.8, 4) is 5.75 Å².